The van der Waals surface area contributed by atoms with Crippen molar-refractivity contribution in [3.05, 3.63) is 62.8 Å². The second-order valence-electron chi connectivity index (χ2n) is 4.11. The Balaban J connectivity index is 2.22. The lowest BCUT2D eigenvalue weighted by atomic mass is 10.0. The van der Waals surface area contributed by atoms with Gasteiger partial charge in [-0.25, -0.2) is 4.39 Å². The molecule has 0 unspecified atom stereocenters. The van der Waals surface area contributed by atoms with Crippen LogP contribution in [0.4, 0.5) is 10.1 Å². The molecule has 0 aliphatic carbocycles. The summed E-state index contributed by atoms with van der Waals surface area (Å²) in [5, 5.41) is 0.407. The van der Waals surface area contributed by atoms with E-state index in [0.717, 1.165) is 0 Å². The van der Waals surface area contributed by atoms with E-state index in [2.05, 4.69) is 15.9 Å². The van der Waals surface area contributed by atoms with E-state index in [1.807, 2.05) is 0 Å². The largest absolute Gasteiger partial charge is 0.398 e. The SMILES string of the molecule is Nc1cc(C(=O)Cc2cc(F)cc(Br)c2)ccc1Cl. The van der Waals surface area contributed by atoms with Crippen molar-refractivity contribution in [2.45, 2.75) is 6.42 Å². The first-order valence-corrected chi connectivity index (χ1v) is 6.66. The molecule has 0 aliphatic rings. The summed E-state index contributed by atoms with van der Waals surface area (Å²) in [6.07, 6.45) is 0.109. The highest BCUT2D eigenvalue weighted by Crippen LogP contribution is 2.21. The zero-order valence-electron chi connectivity index (χ0n) is 9.79. The van der Waals surface area contributed by atoms with E-state index in [0.29, 0.717) is 26.3 Å². The molecule has 2 aromatic carbocycles. The van der Waals surface area contributed by atoms with Gasteiger partial charge < -0.3 is 5.73 Å². The number of nitrogen functional groups attached to an aromatic ring is 1. The minimum atomic E-state index is -0.382. The molecule has 0 saturated carbocycles. The molecule has 0 saturated heterocycles. The number of halogens is 3. The number of Topliss-reactive ketones (excluding diaryl/α,β-unsaturated/α-hetero) is 1. The first kappa shape index (κ1) is 14.0. The third-order valence-corrected chi connectivity index (χ3v) is 3.41. The maximum Gasteiger partial charge on any atom is 0.167 e. The van der Waals surface area contributed by atoms with E-state index in [-0.39, 0.29) is 18.0 Å². The monoisotopic (exact) mass is 341 g/mol. The molecule has 2 nitrogen and oxygen atoms in total. The predicted molar refractivity (Wildman–Crippen MR) is 78.0 cm³/mol. The summed E-state index contributed by atoms with van der Waals surface area (Å²) in [4.78, 5) is 12.1. The Labute approximate surface area is 123 Å². The second-order valence-corrected chi connectivity index (χ2v) is 5.44. The number of ketones is 1. The number of benzene rings is 2. The van der Waals surface area contributed by atoms with Gasteiger partial charge in [0, 0.05) is 16.5 Å². The summed E-state index contributed by atoms with van der Waals surface area (Å²) in [5.74, 6) is -0.520. The van der Waals surface area contributed by atoms with Crippen molar-refractivity contribution in [2.75, 3.05) is 5.73 Å². The van der Waals surface area contributed by atoms with E-state index in [9.17, 15) is 9.18 Å². The molecular formula is C14H10BrClFNO. The molecular weight excluding hydrogens is 333 g/mol. The average Bonchev–Trinajstić information content (AvgIpc) is 2.31. The Morgan fingerprint density at radius 2 is 2.00 bits per heavy atom. The molecule has 0 aromatic heterocycles. The summed E-state index contributed by atoms with van der Waals surface area (Å²) in [6, 6.07) is 9.09. The van der Waals surface area contributed by atoms with Crippen LogP contribution in [-0.2, 0) is 6.42 Å². The summed E-state index contributed by atoms with van der Waals surface area (Å²) in [6.45, 7) is 0. The van der Waals surface area contributed by atoms with Crippen LogP contribution in [0.2, 0.25) is 5.02 Å². The van der Waals surface area contributed by atoms with Crippen LogP contribution in [0.15, 0.2) is 40.9 Å². The lowest BCUT2D eigenvalue weighted by molar-refractivity contribution is 0.0993. The summed E-state index contributed by atoms with van der Waals surface area (Å²) >= 11 is 8.99. The first-order chi connectivity index (χ1) is 8.95. The maximum atomic E-state index is 13.2. The van der Waals surface area contributed by atoms with Crippen LogP contribution in [0.3, 0.4) is 0 Å². The summed E-state index contributed by atoms with van der Waals surface area (Å²) < 4.78 is 13.8. The highest BCUT2D eigenvalue weighted by molar-refractivity contribution is 9.10. The van der Waals surface area contributed by atoms with Gasteiger partial charge in [-0.3, -0.25) is 4.79 Å². The van der Waals surface area contributed by atoms with Gasteiger partial charge in [0.2, 0.25) is 0 Å². The number of hydrogen-bond acceptors (Lipinski definition) is 2. The van der Waals surface area contributed by atoms with Crippen LogP contribution < -0.4 is 5.73 Å². The number of carbonyl (C=O) groups is 1. The lowest BCUT2D eigenvalue weighted by Gasteiger charge is -2.05. The normalized spacial score (nSPS) is 10.5. The topological polar surface area (TPSA) is 43.1 Å². The summed E-state index contributed by atoms with van der Waals surface area (Å²) in [5.41, 5.74) is 7.07. The van der Waals surface area contributed by atoms with Crippen LogP contribution in [0.5, 0.6) is 0 Å². The third kappa shape index (κ3) is 3.55. The Hall–Kier alpha value is -1.39. The van der Waals surface area contributed by atoms with Crippen LogP contribution in [0.25, 0.3) is 0 Å². The quantitative estimate of drug-likeness (QED) is 0.669. The van der Waals surface area contributed by atoms with Crippen molar-refractivity contribution in [3.8, 4) is 0 Å². The van der Waals surface area contributed by atoms with Crippen LogP contribution >= 0.6 is 27.5 Å². The fourth-order valence-corrected chi connectivity index (χ4v) is 2.35. The van der Waals surface area contributed by atoms with Gasteiger partial charge >= 0.3 is 0 Å². The van der Waals surface area contributed by atoms with Crippen molar-refractivity contribution in [3.63, 3.8) is 0 Å². The van der Waals surface area contributed by atoms with Gasteiger partial charge in [-0.05, 0) is 42.0 Å². The third-order valence-electron chi connectivity index (χ3n) is 2.60. The second kappa shape index (κ2) is 5.72. The number of nitrogens with two attached hydrogens (primary N) is 1. The number of hydrogen-bond donors (Lipinski definition) is 1. The molecule has 0 radical (unpaired) electrons. The zero-order valence-corrected chi connectivity index (χ0v) is 12.1. The van der Waals surface area contributed by atoms with Crippen molar-refractivity contribution < 1.29 is 9.18 Å². The van der Waals surface area contributed by atoms with Crippen LogP contribution in [0.1, 0.15) is 15.9 Å². The smallest absolute Gasteiger partial charge is 0.167 e. The van der Waals surface area contributed by atoms with Gasteiger partial charge in [0.05, 0.1) is 10.7 Å². The molecule has 0 spiro atoms. The van der Waals surface area contributed by atoms with E-state index >= 15 is 0 Å². The van der Waals surface area contributed by atoms with Crippen molar-refractivity contribution >= 4 is 39.0 Å². The Bertz CT molecular complexity index is 625. The highest BCUT2D eigenvalue weighted by atomic mass is 79.9. The fraction of sp³-hybridized carbons (Fsp3) is 0.0714. The van der Waals surface area contributed by atoms with E-state index in [1.165, 1.54) is 18.2 Å². The van der Waals surface area contributed by atoms with Gasteiger partial charge in [0.1, 0.15) is 5.82 Å². The Morgan fingerprint density at radius 3 is 2.63 bits per heavy atom. The number of rotatable bonds is 3. The highest BCUT2D eigenvalue weighted by Gasteiger charge is 2.10. The molecule has 0 amide bonds. The Morgan fingerprint density at radius 1 is 1.26 bits per heavy atom. The lowest BCUT2D eigenvalue weighted by Crippen LogP contribution is -2.04. The van der Waals surface area contributed by atoms with Crippen LogP contribution in [-0.4, -0.2) is 5.78 Å². The van der Waals surface area contributed by atoms with E-state index in [1.54, 1.807) is 18.2 Å². The molecule has 19 heavy (non-hydrogen) atoms. The minimum absolute atomic E-state index is 0.109. The minimum Gasteiger partial charge on any atom is -0.398 e. The van der Waals surface area contributed by atoms with Crippen molar-refractivity contribution in [1.29, 1.82) is 0 Å². The van der Waals surface area contributed by atoms with Crippen molar-refractivity contribution in [2.24, 2.45) is 0 Å². The molecule has 98 valence electrons. The molecule has 2 rings (SSSR count). The molecule has 0 fully saturated rings. The molecule has 2 N–H and O–H groups in total. The van der Waals surface area contributed by atoms with E-state index < -0.39 is 0 Å². The molecule has 0 bridgehead atoms. The fourth-order valence-electron chi connectivity index (χ4n) is 1.72. The van der Waals surface area contributed by atoms with Gasteiger partial charge in [-0.1, -0.05) is 27.5 Å². The maximum absolute atomic E-state index is 13.2. The van der Waals surface area contributed by atoms with Gasteiger partial charge in [0.25, 0.3) is 0 Å². The number of anilines is 1. The first-order valence-electron chi connectivity index (χ1n) is 5.49. The predicted octanol–water partition coefficient (Wildman–Crippen LogP) is 4.25. The molecule has 0 atom stereocenters. The van der Waals surface area contributed by atoms with Crippen LogP contribution in [0, 0.1) is 5.82 Å². The summed E-state index contributed by atoms with van der Waals surface area (Å²) in [7, 11) is 0. The van der Waals surface area contributed by atoms with Gasteiger partial charge in [0.15, 0.2) is 5.78 Å². The molecule has 5 heteroatoms. The standard InChI is InChI=1S/C14H10BrClFNO/c15-10-3-8(4-11(17)7-10)5-14(19)9-1-2-12(16)13(18)6-9/h1-4,6-7H,5,18H2. The Kier molecular flexibility index (Phi) is 4.22. The van der Waals surface area contributed by atoms with Crippen molar-refractivity contribution in [1.82, 2.24) is 0 Å². The van der Waals surface area contributed by atoms with E-state index in [4.69, 9.17) is 17.3 Å². The zero-order chi connectivity index (χ0) is 14.0. The molecule has 2 aromatic rings. The molecule has 0 heterocycles. The van der Waals surface area contributed by atoms with Gasteiger partial charge in [-0.15, -0.1) is 0 Å². The average molecular weight is 343 g/mol. The van der Waals surface area contributed by atoms with Gasteiger partial charge in [-0.2, -0.15) is 0 Å². The molecule has 0 aliphatic heterocycles. The number of carbonyl (C=O) groups excluding carboxylic acids is 1.